The highest BCUT2D eigenvalue weighted by Gasteiger charge is 2.25. The van der Waals surface area contributed by atoms with E-state index in [1.807, 2.05) is 16.8 Å². The van der Waals surface area contributed by atoms with Crippen LogP contribution in [0.1, 0.15) is 48.4 Å². The van der Waals surface area contributed by atoms with E-state index < -0.39 is 0 Å². The van der Waals surface area contributed by atoms with Gasteiger partial charge in [0.15, 0.2) is 0 Å². The van der Waals surface area contributed by atoms with Gasteiger partial charge in [-0.1, -0.05) is 52.5 Å². The molecule has 3 rings (SSSR count). The minimum Gasteiger partial charge on any atom is -0.391 e. The maximum atomic E-state index is 9.63. The molecular weight excluding hydrogens is 352 g/mol. The predicted molar refractivity (Wildman–Crippen MR) is 87.6 cm³/mol. The third-order valence-corrected chi connectivity index (χ3v) is 5.11. The maximum absolute atomic E-state index is 9.63. The Morgan fingerprint density at radius 1 is 1.24 bits per heavy atom. The molecule has 1 aromatic carbocycles. The molecule has 0 atom stereocenters. The molecule has 0 radical (unpaired) electrons. The first-order chi connectivity index (χ1) is 10.2. The number of benzene rings is 1. The number of hydrogen-bond donors (Lipinski definition) is 1. The van der Waals surface area contributed by atoms with Gasteiger partial charge in [-0.3, -0.25) is 0 Å². The molecule has 0 spiro atoms. The quantitative estimate of drug-likeness (QED) is 0.862. The largest absolute Gasteiger partial charge is 0.391 e. The zero-order valence-electron chi connectivity index (χ0n) is 11.7. The third kappa shape index (κ3) is 3.17. The molecule has 3 nitrogen and oxygen atoms in total. The molecule has 0 unspecified atom stereocenters. The number of rotatable bonds is 4. The van der Waals surface area contributed by atoms with Gasteiger partial charge in [0.05, 0.1) is 18.8 Å². The average molecular weight is 370 g/mol. The van der Waals surface area contributed by atoms with Gasteiger partial charge in [0.1, 0.15) is 5.15 Å². The Bertz CT molecular complexity index is 618. The van der Waals surface area contributed by atoms with E-state index in [9.17, 15) is 5.11 Å². The van der Waals surface area contributed by atoms with Crippen molar-refractivity contribution in [3.8, 4) is 0 Å². The number of hydrogen-bond acceptors (Lipinski definition) is 2. The lowest BCUT2D eigenvalue weighted by molar-refractivity contribution is 0.280. The van der Waals surface area contributed by atoms with Crippen molar-refractivity contribution in [3.63, 3.8) is 0 Å². The lowest BCUT2D eigenvalue weighted by Crippen LogP contribution is -2.03. The van der Waals surface area contributed by atoms with Gasteiger partial charge in [-0.25, -0.2) is 4.68 Å². The van der Waals surface area contributed by atoms with E-state index in [-0.39, 0.29) is 6.61 Å². The average Bonchev–Trinajstić information content (AvgIpc) is 3.10. The minimum atomic E-state index is -0.0367. The number of aliphatic hydroxyl groups excluding tert-OH is 1. The molecule has 1 N–H and O–H groups in total. The molecule has 0 saturated heterocycles. The molecule has 2 aromatic rings. The fraction of sp³-hybridized carbons (Fsp3) is 0.438. The highest BCUT2D eigenvalue weighted by molar-refractivity contribution is 9.10. The van der Waals surface area contributed by atoms with Crippen LogP contribution in [0.5, 0.6) is 0 Å². The SMILES string of the molecule is OCc1c(C2CCCC2)nn(Cc2ccc(Br)cc2)c1Cl. The van der Waals surface area contributed by atoms with Crippen LogP contribution < -0.4 is 0 Å². The third-order valence-electron chi connectivity index (χ3n) is 4.16. The highest BCUT2D eigenvalue weighted by Crippen LogP contribution is 2.37. The highest BCUT2D eigenvalue weighted by atomic mass is 79.9. The van der Waals surface area contributed by atoms with Crippen molar-refractivity contribution in [3.05, 3.63) is 50.7 Å². The van der Waals surface area contributed by atoms with Crippen LogP contribution in [0.3, 0.4) is 0 Å². The van der Waals surface area contributed by atoms with Crippen LogP contribution in [-0.4, -0.2) is 14.9 Å². The van der Waals surface area contributed by atoms with Gasteiger partial charge in [-0.2, -0.15) is 5.10 Å². The molecule has 1 aromatic heterocycles. The summed E-state index contributed by atoms with van der Waals surface area (Å²) in [6.45, 7) is 0.594. The van der Waals surface area contributed by atoms with Crippen molar-refractivity contribution in [2.45, 2.75) is 44.8 Å². The maximum Gasteiger partial charge on any atom is 0.133 e. The summed E-state index contributed by atoms with van der Waals surface area (Å²) in [6.07, 6.45) is 4.79. The second kappa shape index (κ2) is 6.51. The van der Waals surface area contributed by atoms with E-state index in [1.54, 1.807) is 0 Å². The van der Waals surface area contributed by atoms with Crippen molar-refractivity contribution >= 4 is 27.5 Å². The Kier molecular flexibility index (Phi) is 4.67. The molecule has 1 fully saturated rings. The van der Waals surface area contributed by atoms with E-state index in [4.69, 9.17) is 16.7 Å². The van der Waals surface area contributed by atoms with Gasteiger partial charge in [0.25, 0.3) is 0 Å². The van der Waals surface area contributed by atoms with Gasteiger partial charge in [-0.05, 0) is 30.5 Å². The van der Waals surface area contributed by atoms with Crippen LogP contribution in [-0.2, 0) is 13.2 Å². The summed E-state index contributed by atoms with van der Waals surface area (Å²) in [6, 6.07) is 8.13. The molecule has 5 heteroatoms. The van der Waals surface area contributed by atoms with Crippen molar-refractivity contribution < 1.29 is 5.11 Å². The summed E-state index contributed by atoms with van der Waals surface area (Å²) in [5.74, 6) is 0.454. The molecule has 1 heterocycles. The summed E-state index contributed by atoms with van der Waals surface area (Å²) in [4.78, 5) is 0. The van der Waals surface area contributed by atoms with E-state index in [2.05, 4.69) is 28.1 Å². The Morgan fingerprint density at radius 3 is 2.52 bits per heavy atom. The Labute approximate surface area is 138 Å². The Hall–Kier alpha value is -0.840. The van der Waals surface area contributed by atoms with Gasteiger partial charge in [0, 0.05) is 16.0 Å². The molecule has 0 amide bonds. The number of aromatic nitrogens is 2. The first-order valence-electron chi connectivity index (χ1n) is 7.29. The van der Waals surface area contributed by atoms with Crippen LogP contribution in [0.4, 0.5) is 0 Å². The predicted octanol–water partition coefficient (Wildman–Crippen LogP) is 4.50. The minimum absolute atomic E-state index is 0.0367. The van der Waals surface area contributed by atoms with Crippen molar-refractivity contribution in [2.24, 2.45) is 0 Å². The monoisotopic (exact) mass is 368 g/mol. The molecule has 1 aliphatic carbocycles. The lowest BCUT2D eigenvalue weighted by atomic mass is 10.0. The van der Waals surface area contributed by atoms with E-state index in [0.717, 1.165) is 34.1 Å². The molecular formula is C16H18BrClN2O. The summed E-state index contributed by atoms with van der Waals surface area (Å²) < 4.78 is 2.87. The molecule has 21 heavy (non-hydrogen) atoms. The van der Waals surface area contributed by atoms with Crippen LogP contribution in [0.2, 0.25) is 5.15 Å². The molecule has 0 bridgehead atoms. The zero-order valence-corrected chi connectivity index (χ0v) is 14.1. The van der Waals surface area contributed by atoms with Gasteiger partial charge in [-0.15, -0.1) is 0 Å². The van der Waals surface area contributed by atoms with Crippen LogP contribution >= 0.6 is 27.5 Å². The van der Waals surface area contributed by atoms with Crippen molar-refractivity contribution in [1.82, 2.24) is 9.78 Å². The lowest BCUT2D eigenvalue weighted by Gasteiger charge is -2.06. The summed E-state index contributed by atoms with van der Waals surface area (Å²) in [5.41, 5.74) is 2.95. The molecule has 112 valence electrons. The topological polar surface area (TPSA) is 38.1 Å². The first kappa shape index (κ1) is 15.1. The van der Waals surface area contributed by atoms with E-state index in [1.165, 1.54) is 12.8 Å². The van der Waals surface area contributed by atoms with Crippen molar-refractivity contribution in [1.29, 1.82) is 0 Å². The normalized spacial score (nSPS) is 15.8. The number of halogens is 2. The molecule has 1 saturated carbocycles. The standard InChI is InChI=1S/C16H18BrClN2O/c17-13-7-5-11(6-8-13)9-20-16(18)14(10-21)15(19-20)12-3-1-2-4-12/h5-8,12,21H,1-4,9-10H2. The summed E-state index contributed by atoms with van der Waals surface area (Å²) in [5, 5.41) is 14.9. The fourth-order valence-electron chi connectivity index (χ4n) is 3.04. The van der Waals surface area contributed by atoms with Gasteiger partial charge >= 0.3 is 0 Å². The summed E-state index contributed by atoms with van der Waals surface area (Å²) in [7, 11) is 0. The molecule has 1 aliphatic rings. The zero-order chi connectivity index (χ0) is 14.8. The second-order valence-electron chi connectivity index (χ2n) is 5.58. The van der Waals surface area contributed by atoms with Crippen LogP contribution in [0, 0.1) is 0 Å². The molecule has 0 aliphatic heterocycles. The van der Waals surface area contributed by atoms with Gasteiger partial charge in [0.2, 0.25) is 0 Å². The first-order valence-corrected chi connectivity index (χ1v) is 8.46. The van der Waals surface area contributed by atoms with E-state index >= 15 is 0 Å². The summed E-state index contributed by atoms with van der Waals surface area (Å²) >= 11 is 9.86. The second-order valence-corrected chi connectivity index (χ2v) is 6.85. The van der Waals surface area contributed by atoms with Gasteiger partial charge < -0.3 is 5.11 Å². The Balaban J connectivity index is 1.89. The van der Waals surface area contributed by atoms with Crippen LogP contribution in [0.15, 0.2) is 28.7 Å². The van der Waals surface area contributed by atoms with Crippen molar-refractivity contribution in [2.75, 3.05) is 0 Å². The van der Waals surface area contributed by atoms with Crippen LogP contribution in [0.25, 0.3) is 0 Å². The Morgan fingerprint density at radius 2 is 1.90 bits per heavy atom. The number of nitrogens with zero attached hydrogens (tertiary/aromatic N) is 2. The van der Waals surface area contributed by atoms with E-state index in [0.29, 0.717) is 17.6 Å². The smallest absolute Gasteiger partial charge is 0.133 e. The number of aliphatic hydroxyl groups is 1. The fourth-order valence-corrected chi connectivity index (χ4v) is 3.56.